The number of imidazole rings is 6. The number of nitrogen functional groups attached to an aromatic ring is 3. The van der Waals surface area contributed by atoms with Crippen molar-refractivity contribution in [3.8, 4) is 0 Å². The molecule has 21 heterocycles. The molecule has 12 aromatic heterocycles. The summed E-state index contributed by atoms with van der Waals surface area (Å²) in [6, 6.07) is 0. The lowest BCUT2D eigenvalue weighted by atomic mass is 10.1. The number of aryl methyl sites for hydroxylation is 3. The molecule has 12 aromatic rings. The lowest BCUT2D eigenvalue weighted by Crippen LogP contribution is -2.36. The maximum Gasteiger partial charge on any atom is 0.386 e. The van der Waals surface area contributed by atoms with Crippen molar-refractivity contribution in [3.63, 3.8) is 0 Å². The molecule has 12 N–H and O–H groups in total. The van der Waals surface area contributed by atoms with E-state index in [1.807, 2.05) is 0 Å². The van der Waals surface area contributed by atoms with E-state index in [0.29, 0.717) is 44.9 Å². The summed E-state index contributed by atoms with van der Waals surface area (Å²) in [6.07, 6.45) is -21.0. The largest absolute Gasteiger partial charge is 0.386 e. The van der Waals surface area contributed by atoms with Crippen LogP contribution in [-0.2, 0) is 146 Å². The second-order valence-electron chi connectivity index (χ2n) is 30.2. The lowest BCUT2D eigenvalue weighted by molar-refractivity contribution is -0.0604. The van der Waals surface area contributed by atoms with E-state index < -0.39 is 228 Å². The SMILES string of the molecule is Cc1ncnc2c1ncn2[C@@H]1O[C@@H]2COP(O)(=S)O[C@H]3[C@@H](F)[C@H](n4cnc5c(N)ncnc54)O[C@@H]3COP(=O)(S)O[C@@H]1[C@H]2F.Cc1ncnc2c1ncn2[C@@H]1O[C@@H]2COP(O)(=S)O[C@H]3[C@@H](F)[C@H](n4cnc5c(N)ncnc54)O[C@@H]3COP(O)(=S)O[C@@H]1[C@H]2F.Cc1ncnc2c1ncn2[C@@H]1O[C@@H]2COP(O)(=S)O[C@H]3[C@@H](O)[C@H](n4cnc5c(N)ncnc54)O[C@@H]3COP(O)(=S)O[C@@H]1[C@H]2F. The number of halogens is 5. The number of rotatable bonds is 6. The lowest BCUT2D eigenvalue weighted by Gasteiger charge is -2.28. The number of ether oxygens (including phenoxy) is 6. The summed E-state index contributed by atoms with van der Waals surface area (Å²) in [4.78, 5) is 129. The number of aliphatic hydroxyl groups is 1. The highest BCUT2D eigenvalue weighted by atomic mass is 32.7. The smallest absolute Gasteiger partial charge is 0.386 e. The molecule has 9 fully saturated rings. The van der Waals surface area contributed by atoms with E-state index in [0.717, 1.165) is 0 Å². The van der Waals surface area contributed by atoms with Crippen LogP contribution in [-0.4, -0.2) is 297 Å². The van der Waals surface area contributed by atoms with Gasteiger partial charge in [0.1, 0.15) is 150 Å². The summed E-state index contributed by atoms with van der Waals surface area (Å²) < 4.78 is 203. The molecule has 69 heteroatoms. The van der Waals surface area contributed by atoms with Crippen molar-refractivity contribution in [2.75, 3.05) is 56.8 Å². The quantitative estimate of drug-likeness (QED) is 0.0645. The first-order valence-electron chi connectivity index (χ1n) is 38.7. The van der Waals surface area contributed by atoms with Crippen molar-refractivity contribution in [2.45, 2.75) is 168 Å². The molecule has 21 rings (SSSR count). The van der Waals surface area contributed by atoms with Crippen molar-refractivity contribution < 1.29 is 139 Å². The number of nitrogens with two attached hydrogens (primary N) is 3. The van der Waals surface area contributed by atoms with Crippen LogP contribution in [0.5, 0.6) is 0 Å². The van der Waals surface area contributed by atoms with Gasteiger partial charge in [0.05, 0.1) is 94.7 Å². The molecule has 6 bridgehead atoms. The van der Waals surface area contributed by atoms with Crippen LogP contribution < -0.4 is 17.2 Å². The highest BCUT2D eigenvalue weighted by Crippen LogP contribution is 2.61. The normalized spacial score (nSPS) is 38.3. The van der Waals surface area contributed by atoms with E-state index in [2.05, 4.69) is 102 Å². The Bertz CT molecular complexity index is 6130. The molecule has 6 unspecified atom stereocenters. The molecule has 132 heavy (non-hydrogen) atoms. The van der Waals surface area contributed by atoms with Gasteiger partial charge in [-0.3, -0.25) is 59.1 Å². The molecule has 0 radical (unpaired) electrons. The maximum atomic E-state index is 16.0. The molecule has 9 aliphatic rings. The van der Waals surface area contributed by atoms with E-state index in [4.69, 9.17) is 159 Å². The van der Waals surface area contributed by atoms with Crippen molar-refractivity contribution in [1.29, 1.82) is 0 Å². The van der Waals surface area contributed by atoms with E-state index in [9.17, 15) is 34.1 Å². The van der Waals surface area contributed by atoms with E-state index in [1.54, 1.807) is 20.8 Å². The van der Waals surface area contributed by atoms with Crippen molar-refractivity contribution >= 4 is 196 Å². The van der Waals surface area contributed by atoms with Crippen LogP contribution in [0.1, 0.15) is 54.4 Å². The summed E-state index contributed by atoms with van der Waals surface area (Å²) in [5.41, 5.74) is 22.7. The Morgan fingerprint density at radius 2 is 0.553 bits per heavy atom. The predicted molar refractivity (Wildman–Crippen MR) is 457 cm³/mol. The van der Waals surface area contributed by atoms with Gasteiger partial charge in [-0.25, -0.2) is 116 Å². The van der Waals surface area contributed by atoms with Gasteiger partial charge in [0.25, 0.3) is 0 Å². The van der Waals surface area contributed by atoms with Crippen molar-refractivity contribution in [1.82, 2.24) is 117 Å². The number of aromatic nitrogens is 24. The first kappa shape index (κ1) is 94.2. The summed E-state index contributed by atoms with van der Waals surface area (Å²) in [7, 11) is 0. The summed E-state index contributed by atoms with van der Waals surface area (Å²) in [6.45, 7) is -24.0. The highest BCUT2D eigenvalue weighted by Gasteiger charge is 2.59. The zero-order valence-electron chi connectivity index (χ0n) is 67.0. The Morgan fingerprint density at radius 1 is 0.318 bits per heavy atom. The topological polar surface area (TPSA) is 644 Å². The maximum absolute atomic E-state index is 16.0. The minimum Gasteiger partial charge on any atom is -0.386 e. The Kier molecular flexibility index (Phi) is 26.1. The highest BCUT2D eigenvalue weighted by molar-refractivity contribution is 8.44. The first-order valence-corrected chi connectivity index (χ1v) is 54.4. The fourth-order valence-corrected chi connectivity index (χ4v) is 24.4. The standard InChI is InChI=1S/2C21H23F2N9O8P2S2.C21H24FN9O9P2S2/c2*1-8-13-18(27-4-25-8)32(6-29-13)21-16-11(22)9(37-21)2-35-41(33,43)39-15-10(3-36-42(34,44)40-16)38-20(12(15)23)31-7-30-14-17(24)26-5-28-19(14)31;1-8-12-18(26-4-24-8)31(6-28-12)21-16-11(22)9(37-21)2-35-41(33,43)39-15-10(3-36-42(34,44)40-16)38-20(14(15)32)30-7-29-13-17(23)25-5-27-19(13)30/h2*4-7,9-12,15-16,20-21H,2-3H2,1H3,(H,33,43)(H,34,44)(H2,24,26,28);4-7,9-11,14-16,20-21,32H,2-3H2,1H3,(H,33,43)(H,34,44)(H2,23,25,27)/t2*9-,10-,11+,12-,15-,16-,20-,21-,41?,42?;9-,10-,11+,14-,15-,16-,20-,21-,41?,42?/m111/s1. The number of hydrogen-bond acceptors (Lipinski definition) is 46. The average Bonchev–Trinajstić information content (AvgIpc) is 1.62. The Morgan fingerprint density at radius 3 is 0.886 bits per heavy atom. The van der Waals surface area contributed by atoms with Gasteiger partial charge in [-0.15, -0.1) is 0 Å². The minimum absolute atomic E-state index is 0.0595. The van der Waals surface area contributed by atoms with Gasteiger partial charge in [0.2, 0.25) is 0 Å². The molecule has 9 saturated heterocycles. The molecule has 708 valence electrons. The van der Waals surface area contributed by atoms with Crippen LogP contribution in [0.2, 0.25) is 0 Å². The number of hydrogen-bond donors (Lipinski definition) is 10. The number of fused-ring (bicyclic) bond motifs is 15. The molecule has 0 spiro atoms. The van der Waals surface area contributed by atoms with Gasteiger partial charge in [-0.2, -0.15) is 0 Å². The van der Waals surface area contributed by atoms with E-state index in [1.165, 1.54) is 103 Å². The number of thiol groups is 1. The van der Waals surface area contributed by atoms with Gasteiger partial charge in [0, 0.05) is 0 Å². The molecular weight excluding hydrogens is 2010 g/mol. The summed E-state index contributed by atoms with van der Waals surface area (Å²) in [5.74, 6) is 0.229. The molecule has 0 saturated carbocycles. The third-order valence-corrected chi connectivity index (χ3v) is 31.4. The second kappa shape index (κ2) is 36.5. The number of alkyl halides is 5. The monoisotopic (exact) mass is 2080 g/mol. The number of aliphatic hydroxyl groups excluding tert-OH is 1. The first-order chi connectivity index (χ1) is 62.8. The second-order valence-corrected chi connectivity index (χ2v) is 47.0. The Labute approximate surface area is 765 Å². The zero-order chi connectivity index (χ0) is 92.9. The zero-order valence-corrected chi connectivity index (χ0v) is 77.3. The third-order valence-electron chi connectivity index (χ3n) is 22.0. The van der Waals surface area contributed by atoms with Crippen LogP contribution in [0.15, 0.2) is 75.9 Å². The molecule has 0 amide bonds. The van der Waals surface area contributed by atoms with Crippen LogP contribution >= 0.6 is 52.6 Å². The van der Waals surface area contributed by atoms with Crippen LogP contribution in [0.3, 0.4) is 0 Å². The molecular formula is C63H70F5N27O25P6S6. The summed E-state index contributed by atoms with van der Waals surface area (Å²) >= 11 is 30.0. The van der Waals surface area contributed by atoms with Gasteiger partial charge in [-0.1, -0.05) is 12.2 Å². The third kappa shape index (κ3) is 18.3. The van der Waals surface area contributed by atoms with Gasteiger partial charge in [0.15, 0.2) is 120 Å². The van der Waals surface area contributed by atoms with Gasteiger partial charge in [-0.05, 0) is 79.8 Å². The van der Waals surface area contributed by atoms with Crippen LogP contribution in [0.25, 0.3) is 67.0 Å². The molecule has 30 atom stereocenters. The average molecular weight is 2080 g/mol. The Hall–Kier alpha value is -6.78. The van der Waals surface area contributed by atoms with Gasteiger partial charge >= 0.3 is 40.4 Å². The fraction of sp³-hybridized carbons (Fsp3) is 0.524. The number of anilines is 3. The molecule has 52 nitrogen and oxygen atoms in total. The van der Waals surface area contributed by atoms with Crippen LogP contribution in [0, 0.1) is 20.8 Å². The van der Waals surface area contributed by atoms with Gasteiger partial charge < -0.3 is 97.8 Å². The van der Waals surface area contributed by atoms with Crippen molar-refractivity contribution in [2.24, 2.45) is 0 Å². The van der Waals surface area contributed by atoms with E-state index >= 15 is 22.0 Å². The Balaban J connectivity index is 0.000000128. The predicted octanol–water partition coefficient (Wildman–Crippen LogP) is 3.68. The molecule has 0 aliphatic carbocycles. The van der Waals surface area contributed by atoms with Crippen molar-refractivity contribution in [3.05, 3.63) is 93.0 Å². The summed E-state index contributed by atoms with van der Waals surface area (Å²) in [5, 5.41) is 11.3. The molecule has 0 aromatic carbocycles. The van der Waals surface area contributed by atoms with Crippen LogP contribution in [0.4, 0.5) is 39.4 Å². The fourth-order valence-electron chi connectivity index (χ4n) is 15.8. The molecule has 9 aliphatic heterocycles. The number of nitrogens with zero attached hydrogens (tertiary/aromatic N) is 24. The minimum atomic E-state index is -4.40. The van der Waals surface area contributed by atoms with E-state index in [-0.39, 0.29) is 56.6 Å².